The Morgan fingerprint density at radius 3 is 2.52 bits per heavy atom. The number of aliphatic hydroxyl groups is 3. The quantitative estimate of drug-likeness (QED) is 0.608. The van der Waals surface area contributed by atoms with E-state index in [1.165, 1.54) is 12.1 Å². The molecule has 0 amide bonds. The van der Waals surface area contributed by atoms with Gasteiger partial charge in [0, 0.05) is 0 Å². The number of hydrogen-bond acceptors (Lipinski definition) is 7. The van der Waals surface area contributed by atoms with Crippen LogP contribution in [-0.2, 0) is 19.0 Å². The van der Waals surface area contributed by atoms with Crippen LogP contribution in [0.2, 0.25) is 0 Å². The average molecular weight is 320 g/mol. The molecule has 0 bridgehead atoms. The van der Waals surface area contributed by atoms with Crippen LogP contribution in [0.5, 0.6) is 0 Å². The van der Waals surface area contributed by atoms with Crippen molar-refractivity contribution in [2.75, 3.05) is 19.8 Å². The van der Waals surface area contributed by atoms with Crippen molar-refractivity contribution in [1.82, 2.24) is 0 Å². The minimum atomic E-state index is -4.12. The molecule has 0 aromatic heterocycles. The van der Waals surface area contributed by atoms with Gasteiger partial charge in [0.05, 0.1) is 19.5 Å². The molecule has 7 nitrogen and oxygen atoms in total. The van der Waals surface area contributed by atoms with Gasteiger partial charge in [0.2, 0.25) is 0 Å². The molecule has 3 N–H and O–H groups in total. The molecule has 1 fully saturated rings. The molecule has 1 aliphatic rings. The van der Waals surface area contributed by atoms with Crippen LogP contribution in [0.25, 0.3) is 0 Å². The van der Waals surface area contributed by atoms with Crippen LogP contribution in [0, 0.1) is 6.92 Å². The molecule has 4 atom stereocenters. The molecule has 8 heteroatoms. The summed E-state index contributed by atoms with van der Waals surface area (Å²) in [4.78, 5) is -0.0818. The van der Waals surface area contributed by atoms with E-state index in [-0.39, 0.29) is 4.90 Å². The van der Waals surface area contributed by atoms with Gasteiger partial charge in [-0.25, -0.2) is 0 Å². The fraction of sp³-hybridized carbons (Fsp3) is 0.538. The van der Waals surface area contributed by atoms with Gasteiger partial charge >= 0.3 is 0 Å². The molecular weight excluding hydrogens is 300 g/mol. The van der Waals surface area contributed by atoms with Crippen LogP contribution in [0.4, 0.5) is 0 Å². The van der Waals surface area contributed by atoms with Crippen molar-refractivity contribution >= 4 is 10.1 Å². The van der Waals surface area contributed by atoms with E-state index in [1.807, 2.05) is 0 Å². The van der Waals surface area contributed by atoms with Crippen molar-refractivity contribution in [1.29, 1.82) is 0 Å². The molecule has 21 heavy (non-hydrogen) atoms. The maximum Gasteiger partial charge on any atom is 0.297 e. The number of rotatable bonds is 5. The van der Waals surface area contributed by atoms with E-state index in [0.29, 0.717) is 0 Å². The summed E-state index contributed by atoms with van der Waals surface area (Å²) in [6.07, 6.45) is -3.19. The Morgan fingerprint density at radius 1 is 1.43 bits per heavy atom. The third-order valence-electron chi connectivity index (χ3n) is 3.34. The van der Waals surface area contributed by atoms with Gasteiger partial charge < -0.3 is 20.1 Å². The van der Waals surface area contributed by atoms with Crippen LogP contribution in [0.1, 0.15) is 6.93 Å². The van der Waals surface area contributed by atoms with Gasteiger partial charge in [-0.3, -0.25) is 4.18 Å². The van der Waals surface area contributed by atoms with Crippen molar-refractivity contribution in [2.24, 2.45) is 0 Å². The zero-order valence-corrected chi connectivity index (χ0v) is 12.2. The van der Waals surface area contributed by atoms with E-state index >= 15 is 0 Å². The summed E-state index contributed by atoms with van der Waals surface area (Å²) in [6, 6.07) is 5.93. The molecule has 1 heterocycles. The second-order valence-electron chi connectivity index (χ2n) is 4.94. The summed E-state index contributed by atoms with van der Waals surface area (Å²) in [5.41, 5.74) is -0.982. The molecule has 1 aromatic carbocycles. The molecule has 118 valence electrons. The van der Waals surface area contributed by atoms with Gasteiger partial charge in [0.15, 0.2) is 0 Å². The minimum absolute atomic E-state index is 0.0818. The Balaban J connectivity index is 2.15. The molecule has 1 aliphatic heterocycles. The van der Waals surface area contributed by atoms with Crippen molar-refractivity contribution in [2.45, 2.75) is 29.6 Å². The lowest BCUT2D eigenvalue weighted by Crippen LogP contribution is -2.50. The maximum absolute atomic E-state index is 12.1. The van der Waals surface area contributed by atoms with Crippen LogP contribution in [0.15, 0.2) is 29.2 Å². The first-order valence-electron chi connectivity index (χ1n) is 6.83. The molecule has 0 radical (unpaired) electrons. The van der Waals surface area contributed by atoms with E-state index in [9.17, 15) is 23.7 Å². The summed E-state index contributed by atoms with van der Waals surface area (Å²) in [5, 5.41) is 28.8. The fourth-order valence-electron chi connectivity index (χ4n) is 1.91. The Kier molecular flexibility index (Phi) is 4.25. The van der Waals surface area contributed by atoms with Gasteiger partial charge in [-0.2, -0.15) is 8.42 Å². The molecule has 1 unspecified atom stereocenters. The van der Waals surface area contributed by atoms with Crippen LogP contribution in [0.3, 0.4) is 0 Å². The van der Waals surface area contributed by atoms with Crippen LogP contribution >= 0.6 is 0 Å². The molecule has 1 aromatic rings. The number of aliphatic hydroxyl groups excluding tert-OH is 3. The Bertz CT molecular complexity index is 618. The second kappa shape index (κ2) is 5.99. The van der Waals surface area contributed by atoms with Gasteiger partial charge in [-0.15, -0.1) is 0 Å². The fourth-order valence-corrected chi connectivity index (χ4v) is 2.87. The minimum Gasteiger partial charge on any atom is -0.393 e. The van der Waals surface area contributed by atoms with E-state index in [4.69, 9.17) is 10.3 Å². The molecule has 0 aliphatic carbocycles. The maximum atomic E-state index is 12.1. The van der Waals surface area contributed by atoms with Crippen LogP contribution < -0.4 is 0 Å². The number of aryl methyl sites for hydroxylation is 1. The first-order chi connectivity index (χ1) is 10.2. The van der Waals surface area contributed by atoms with Crippen molar-refractivity contribution in [3.8, 4) is 0 Å². The average Bonchev–Trinajstić information content (AvgIpc) is 2.70. The predicted octanol–water partition coefficient (Wildman–Crippen LogP) is -0.817. The monoisotopic (exact) mass is 320 g/mol. The van der Waals surface area contributed by atoms with E-state index < -0.39 is 47.7 Å². The first kappa shape index (κ1) is 14.9. The number of hydrogen-bond donors (Lipinski definition) is 3. The van der Waals surface area contributed by atoms with E-state index in [1.54, 1.807) is 19.1 Å². The normalized spacial score (nSPS) is 33.9. The number of ether oxygens (including phenoxy) is 1. The van der Waals surface area contributed by atoms with Crippen molar-refractivity contribution in [3.05, 3.63) is 29.8 Å². The summed E-state index contributed by atoms with van der Waals surface area (Å²) in [6.45, 7) is -1.21. The Hall–Kier alpha value is -1.03. The van der Waals surface area contributed by atoms with Gasteiger partial charge in [0.25, 0.3) is 10.1 Å². The lowest BCUT2D eigenvalue weighted by atomic mass is 9.98. The number of benzene rings is 1. The highest BCUT2D eigenvalue weighted by atomic mass is 32.2. The third-order valence-corrected chi connectivity index (χ3v) is 4.62. The lowest BCUT2D eigenvalue weighted by molar-refractivity contribution is -0.115. The third kappa shape index (κ3) is 3.25. The highest BCUT2D eigenvalue weighted by molar-refractivity contribution is 7.86. The summed E-state index contributed by atoms with van der Waals surface area (Å²) >= 11 is 0. The molecule has 0 saturated carbocycles. The van der Waals surface area contributed by atoms with Gasteiger partial charge in [-0.1, -0.05) is 17.7 Å². The standard InChI is InChI=1S/C13H18O7S/c1-9-2-4-10(5-3-9)21(17,18)20-8-13(7-14)12(16)11(15)6-19-13/h2-5,11-12,14-16H,6-8H2,1H3/t11-,12?,13-/m1/s1/i6T/t6-,11+,12?,13+/m0. The molecular formula is C13H18O7S. The highest BCUT2D eigenvalue weighted by Crippen LogP contribution is 2.28. The lowest BCUT2D eigenvalue weighted by Gasteiger charge is -2.29. The SMILES string of the molecule is [3H][C@@H]1O[C@](CO)(COS(=O)(=O)c2ccc(C)cc2)C(O)[C@@H]1O. The van der Waals surface area contributed by atoms with E-state index in [2.05, 4.69) is 0 Å². The van der Waals surface area contributed by atoms with Gasteiger partial charge in [-0.05, 0) is 19.1 Å². The largest absolute Gasteiger partial charge is 0.393 e. The molecule has 1 saturated heterocycles. The summed E-state index contributed by atoms with van der Waals surface area (Å²) in [5.74, 6) is 0. The first-order valence-corrected chi connectivity index (χ1v) is 7.66. The topological polar surface area (TPSA) is 113 Å². The Labute approximate surface area is 124 Å². The molecule has 0 spiro atoms. The van der Waals surface area contributed by atoms with Crippen LogP contribution in [-0.4, -0.2) is 61.3 Å². The summed E-state index contributed by atoms with van der Waals surface area (Å²) < 4.78 is 41.4. The van der Waals surface area contributed by atoms with E-state index in [0.717, 1.165) is 5.56 Å². The van der Waals surface area contributed by atoms with Crippen molar-refractivity contribution < 1.29 is 34.0 Å². The predicted molar refractivity (Wildman–Crippen MR) is 72.1 cm³/mol. The highest BCUT2D eigenvalue weighted by Gasteiger charge is 2.49. The molecule has 2 rings (SSSR count). The zero-order chi connectivity index (χ0) is 16.5. The zero-order valence-electron chi connectivity index (χ0n) is 12.3. The smallest absolute Gasteiger partial charge is 0.297 e. The second-order valence-corrected chi connectivity index (χ2v) is 6.56. The van der Waals surface area contributed by atoms with Gasteiger partial charge in [0.1, 0.15) is 24.4 Å². The Morgan fingerprint density at radius 2 is 2.05 bits per heavy atom. The van der Waals surface area contributed by atoms with Crippen molar-refractivity contribution in [3.63, 3.8) is 0 Å². The summed E-state index contributed by atoms with van der Waals surface area (Å²) in [7, 11) is -4.12.